The van der Waals surface area contributed by atoms with Gasteiger partial charge in [-0.05, 0) is 35.7 Å². The van der Waals surface area contributed by atoms with Crippen LogP contribution in [0, 0.1) is 10.1 Å². The third-order valence-corrected chi connectivity index (χ3v) is 4.13. The van der Waals surface area contributed by atoms with Gasteiger partial charge in [0.1, 0.15) is 6.17 Å². The highest BCUT2D eigenvalue weighted by atomic mass is 16.6. The maximum atomic E-state index is 11.1. The summed E-state index contributed by atoms with van der Waals surface area (Å²) in [6, 6.07) is 19.0. The van der Waals surface area contributed by atoms with E-state index in [0.717, 1.165) is 16.8 Å². The number of nitro benzene ring substituents is 1. The largest absolute Gasteiger partial charge is 0.362 e. The molecule has 1 aliphatic heterocycles. The topological polar surface area (TPSA) is 67.2 Å². The van der Waals surface area contributed by atoms with Crippen LogP contribution < -0.4 is 10.6 Å². The van der Waals surface area contributed by atoms with E-state index in [1.165, 1.54) is 11.5 Å². The molecule has 0 unspecified atom stereocenters. The SMILES string of the molecule is O=[N+]([O-])c1ccccc1/C=C/C1Nc2cccc3cccc(c23)N1. The van der Waals surface area contributed by atoms with Gasteiger partial charge >= 0.3 is 0 Å². The number of hydrogen-bond donors (Lipinski definition) is 2. The number of nitrogens with zero attached hydrogens (tertiary/aromatic N) is 1. The first-order valence-corrected chi connectivity index (χ1v) is 7.69. The Kier molecular flexibility index (Phi) is 3.39. The van der Waals surface area contributed by atoms with Crippen LogP contribution in [0.15, 0.2) is 66.7 Å². The number of hydrogen-bond acceptors (Lipinski definition) is 4. The van der Waals surface area contributed by atoms with Gasteiger partial charge in [-0.2, -0.15) is 0 Å². The summed E-state index contributed by atoms with van der Waals surface area (Å²) in [4.78, 5) is 10.7. The zero-order chi connectivity index (χ0) is 16.5. The number of para-hydroxylation sites is 1. The maximum absolute atomic E-state index is 11.1. The summed E-state index contributed by atoms with van der Waals surface area (Å²) in [7, 11) is 0. The number of nitrogens with one attached hydrogen (secondary N) is 2. The van der Waals surface area contributed by atoms with Gasteiger partial charge in [-0.1, -0.05) is 36.4 Å². The second kappa shape index (κ2) is 5.70. The molecule has 0 bridgehead atoms. The molecule has 0 aromatic heterocycles. The molecule has 4 rings (SSSR count). The van der Waals surface area contributed by atoms with Gasteiger partial charge in [0.25, 0.3) is 5.69 Å². The molecular formula is C19H15N3O2. The predicted molar refractivity (Wildman–Crippen MR) is 97.1 cm³/mol. The minimum atomic E-state index is -0.364. The summed E-state index contributed by atoms with van der Waals surface area (Å²) in [6.07, 6.45) is 3.54. The zero-order valence-corrected chi connectivity index (χ0v) is 12.8. The van der Waals surface area contributed by atoms with Crippen LogP contribution in [0.2, 0.25) is 0 Å². The number of anilines is 2. The summed E-state index contributed by atoms with van der Waals surface area (Å²) in [6.45, 7) is 0. The van der Waals surface area contributed by atoms with Crippen LogP contribution in [0.4, 0.5) is 17.1 Å². The Morgan fingerprint density at radius 1 is 0.917 bits per heavy atom. The van der Waals surface area contributed by atoms with Crippen molar-refractivity contribution < 1.29 is 4.92 Å². The molecule has 0 fully saturated rings. The Bertz CT molecular complexity index is 925. The highest BCUT2D eigenvalue weighted by Gasteiger charge is 2.17. The molecular weight excluding hydrogens is 302 g/mol. The van der Waals surface area contributed by atoms with Crippen molar-refractivity contribution in [2.45, 2.75) is 6.17 Å². The molecule has 0 aliphatic carbocycles. The van der Waals surface area contributed by atoms with Crippen LogP contribution in [0.1, 0.15) is 5.56 Å². The lowest BCUT2D eigenvalue weighted by molar-refractivity contribution is -0.385. The molecule has 0 atom stereocenters. The highest BCUT2D eigenvalue weighted by Crippen LogP contribution is 2.34. The lowest BCUT2D eigenvalue weighted by Gasteiger charge is -2.27. The molecule has 2 N–H and O–H groups in total. The summed E-state index contributed by atoms with van der Waals surface area (Å²) >= 11 is 0. The van der Waals surface area contributed by atoms with E-state index in [4.69, 9.17) is 0 Å². The molecule has 3 aromatic rings. The molecule has 1 heterocycles. The first kappa shape index (κ1) is 14.3. The fraction of sp³-hybridized carbons (Fsp3) is 0.0526. The second-order valence-electron chi connectivity index (χ2n) is 5.65. The fourth-order valence-corrected chi connectivity index (χ4v) is 3.04. The van der Waals surface area contributed by atoms with Crippen LogP contribution in [0.25, 0.3) is 16.8 Å². The Hall–Kier alpha value is -3.34. The van der Waals surface area contributed by atoms with Crippen molar-refractivity contribution in [3.8, 4) is 0 Å². The first-order valence-electron chi connectivity index (χ1n) is 7.69. The minimum absolute atomic E-state index is 0.104. The van der Waals surface area contributed by atoms with Gasteiger partial charge < -0.3 is 10.6 Å². The molecule has 118 valence electrons. The van der Waals surface area contributed by atoms with Gasteiger partial charge in [-0.15, -0.1) is 0 Å². The molecule has 3 aromatic carbocycles. The molecule has 1 aliphatic rings. The van der Waals surface area contributed by atoms with E-state index in [2.05, 4.69) is 22.8 Å². The van der Waals surface area contributed by atoms with Crippen molar-refractivity contribution in [2.24, 2.45) is 0 Å². The van der Waals surface area contributed by atoms with Gasteiger partial charge in [0.2, 0.25) is 0 Å². The monoisotopic (exact) mass is 317 g/mol. The molecule has 0 radical (unpaired) electrons. The van der Waals surface area contributed by atoms with E-state index >= 15 is 0 Å². The minimum Gasteiger partial charge on any atom is -0.362 e. The van der Waals surface area contributed by atoms with Crippen LogP contribution in [0.5, 0.6) is 0 Å². The van der Waals surface area contributed by atoms with E-state index < -0.39 is 0 Å². The van der Waals surface area contributed by atoms with Crippen LogP contribution >= 0.6 is 0 Å². The van der Waals surface area contributed by atoms with Crippen molar-refractivity contribution in [3.05, 3.63) is 82.4 Å². The van der Waals surface area contributed by atoms with Crippen molar-refractivity contribution >= 4 is 33.9 Å². The average molecular weight is 317 g/mol. The lowest BCUT2D eigenvalue weighted by Crippen LogP contribution is -2.29. The second-order valence-corrected chi connectivity index (χ2v) is 5.65. The van der Waals surface area contributed by atoms with Crippen LogP contribution in [-0.2, 0) is 0 Å². The highest BCUT2D eigenvalue weighted by molar-refractivity contribution is 6.04. The quantitative estimate of drug-likeness (QED) is 0.546. The molecule has 0 saturated heterocycles. The summed E-state index contributed by atoms with van der Waals surface area (Å²) in [5.74, 6) is 0. The van der Waals surface area contributed by atoms with Crippen LogP contribution in [0.3, 0.4) is 0 Å². The number of benzene rings is 3. The molecule has 24 heavy (non-hydrogen) atoms. The smallest absolute Gasteiger partial charge is 0.276 e. The molecule has 5 nitrogen and oxygen atoms in total. The van der Waals surface area contributed by atoms with Gasteiger partial charge in [-0.3, -0.25) is 10.1 Å². The fourth-order valence-electron chi connectivity index (χ4n) is 3.04. The predicted octanol–water partition coefficient (Wildman–Crippen LogP) is 4.62. The van der Waals surface area contributed by atoms with Crippen molar-refractivity contribution in [2.75, 3.05) is 10.6 Å². The summed E-state index contributed by atoms with van der Waals surface area (Å²) in [5.41, 5.74) is 2.80. The van der Waals surface area contributed by atoms with Crippen molar-refractivity contribution in [1.29, 1.82) is 0 Å². The van der Waals surface area contributed by atoms with E-state index in [-0.39, 0.29) is 16.8 Å². The number of nitro groups is 1. The summed E-state index contributed by atoms with van der Waals surface area (Å²) in [5, 5.41) is 20.3. The van der Waals surface area contributed by atoms with E-state index in [1.807, 2.05) is 30.3 Å². The van der Waals surface area contributed by atoms with Gasteiger partial charge in [0, 0.05) is 22.8 Å². The molecule has 0 saturated carbocycles. The average Bonchev–Trinajstić information content (AvgIpc) is 2.60. The Morgan fingerprint density at radius 3 is 2.25 bits per heavy atom. The Labute approximate surface area is 138 Å². The Balaban J connectivity index is 1.65. The number of rotatable bonds is 3. The van der Waals surface area contributed by atoms with Crippen LogP contribution in [-0.4, -0.2) is 11.1 Å². The zero-order valence-electron chi connectivity index (χ0n) is 12.8. The summed E-state index contributed by atoms with van der Waals surface area (Å²) < 4.78 is 0. The van der Waals surface area contributed by atoms with Gasteiger partial charge in [0.05, 0.1) is 10.5 Å². The van der Waals surface area contributed by atoms with E-state index in [0.29, 0.717) is 5.56 Å². The van der Waals surface area contributed by atoms with Gasteiger partial charge in [0.15, 0.2) is 0 Å². The van der Waals surface area contributed by atoms with E-state index in [9.17, 15) is 10.1 Å². The third kappa shape index (κ3) is 2.46. The maximum Gasteiger partial charge on any atom is 0.276 e. The Morgan fingerprint density at radius 2 is 1.58 bits per heavy atom. The lowest BCUT2D eigenvalue weighted by atomic mass is 10.0. The van der Waals surface area contributed by atoms with E-state index in [1.54, 1.807) is 24.3 Å². The normalized spacial score (nSPS) is 13.7. The van der Waals surface area contributed by atoms with Crippen molar-refractivity contribution in [3.63, 3.8) is 0 Å². The standard InChI is InChI=1S/C19H15N3O2/c23-22(24)17-10-2-1-5-13(17)11-12-18-20-15-8-3-6-14-7-4-9-16(21-18)19(14)15/h1-12,18,20-21H/b12-11+. The van der Waals surface area contributed by atoms with Crippen molar-refractivity contribution in [1.82, 2.24) is 0 Å². The van der Waals surface area contributed by atoms with Gasteiger partial charge in [-0.25, -0.2) is 0 Å². The first-order chi connectivity index (χ1) is 11.7. The molecule has 5 heteroatoms. The molecule has 0 amide bonds. The third-order valence-electron chi connectivity index (χ3n) is 4.13. The molecule has 0 spiro atoms.